The summed E-state index contributed by atoms with van der Waals surface area (Å²) in [6.07, 6.45) is 5.85. The van der Waals surface area contributed by atoms with E-state index in [4.69, 9.17) is 0 Å². The molecule has 0 saturated carbocycles. The molecule has 0 unspecified atom stereocenters. The summed E-state index contributed by atoms with van der Waals surface area (Å²) in [5.41, 5.74) is 0.939. The van der Waals surface area contributed by atoms with Crippen molar-refractivity contribution in [2.75, 3.05) is 0 Å². The van der Waals surface area contributed by atoms with Gasteiger partial charge in [-0.25, -0.2) is 0 Å². The first-order valence-electron chi connectivity index (χ1n) is 4.42. The average Bonchev–Trinajstić information content (AvgIpc) is 2.00. The second-order valence-electron chi connectivity index (χ2n) is 2.85. The number of unbranched alkanes of at least 4 members (excludes halogenated alkanes) is 1. The molecular weight excluding hydrogens is 136 g/mol. The topological polar surface area (TPSA) is 17.1 Å². The van der Waals surface area contributed by atoms with E-state index in [1.165, 1.54) is 0 Å². The summed E-state index contributed by atoms with van der Waals surface area (Å²) in [6.45, 7) is 6.06. The smallest absolute Gasteiger partial charge is 0.158 e. The zero-order chi connectivity index (χ0) is 8.69. The minimum absolute atomic E-state index is 0.306. The molecule has 0 heterocycles. The molecule has 64 valence electrons. The van der Waals surface area contributed by atoms with Crippen molar-refractivity contribution in [3.8, 4) is 0 Å². The van der Waals surface area contributed by atoms with E-state index in [0.29, 0.717) is 12.2 Å². The summed E-state index contributed by atoms with van der Waals surface area (Å²) in [7, 11) is 0. The summed E-state index contributed by atoms with van der Waals surface area (Å²) in [4.78, 5) is 11.2. The van der Waals surface area contributed by atoms with E-state index < -0.39 is 0 Å². The van der Waals surface area contributed by atoms with E-state index in [-0.39, 0.29) is 0 Å². The first kappa shape index (κ1) is 10.4. The summed E-state index contributed by atoms with van der Waals surface area (Å²) in [6, 6.07) is 0. The maximum Gasteiger partial charge on any atom is 0.158 e. The molecule has 0 bridgehead atoms. The monoisotopic (exact) mass is 154 g/mol. The standard InChI is InChI=1S/C10H18O/c1-4-6-8-9(3)10(11)7-5-2/h8H,4-7H2,1-3H3. The van der Waals surface area contributed by atoms with Crippen LogP contribution < -0.4 is 0 Å². The van der Waals surface area contributed by atoms with Gasteiger partial charge in [0.2, 0.25) is 0 Å². The van der Waals surface area contributed by atoms with Gasteiger partial charge in [0.25, 0.3) is 0 Å². The van der Waals surface area contributed by atoms with Gasteiger partial charge in [0, 0.05) is 6.42 Å². The highest BCUT2D eigenvalue weighted by molar-refractivity contribution is 5.94. The number of hydrogen-bond acceptors (Lipinski definition) is 1. The predicted molar refractivity (Wildman–Crippen MR) is 48.6 cm³/mol. The summed E-state index contributed by atoms with van der Waals surface area (Å²) in [5.74, 6) is 0.306. The highest BCUT2D eigenvalue weighted by Crippen LogP contribution is 2.03. The minimum Gasteiger partial charge on any atom is -0.295 e. The van der Waals surface area contributed by atoms with Crippen LogP contribution in [0, 0.1) is 0 Å². The van der Waals surface area contributed by atoms with Crippen molar-refractivity contribution in [1.29, 1.82) is 0 Å². The lowest BCUT2D eigenvalue weighted by atomic mass is 10.1. The summed E-state index contributed by atoms with van der Waals surface area (Å²) < 4.78 is 0. The van der Waals surface area contributed by atoms with Crippen LogP contribution in [0.3, 0.4) is 0 Å². The predicted octanol–water partition coefficient (Wildman–Crippen LogP) is 3.10. The first-order valence-corrected chi connectivity index (χ1v) is 4.42. The van der Waals surface area contributed by atoms with E-state index in [9.17, 15) is 4.79 Å². The Balaban J connectivity index is 3.80. The molecule has 0 aliphatic carbocycles. The van der Waals surface area contributed by atoms with E-state index in [1.807, 2.05) is 19.9 Å². The van der Waals surface area contributed by atoms with Gasteiger partial charge in [0.1, 0.15) is 0 Å². The van der Waals surface area contributed by atoms with E-state index >= 15 is 0 Å². The Kier molecular flexibility index (Phi) is 5.81. The third-order valence-corrected chi connectivity index (χ3v) is 1.66. The lowest BCUT2D eigenvalue weighted by Gasteiger charge is -1.97. The van der Waals surface area contributed by atoms with Crippen LogP contribution in [-0.2, 0) is 4.79 Å². The number of ketones is 1. The quantitative estimate of drug-likeness (QED) is 0.556. The van der Waals surface area contributed by atoms with Crippen molar-refractivity contribution < 1.29 is 4.79 Å². The van der Waals surface area contributed by atoms with Crippen molar-refractivity contribution >= 4 is 5.78 Å². The molecule has 0 spiro atoms. The average molecular weight is 154 g/mol. The van der Waals surface area contributed by atoms with Crippen LogP contribution in [0.5, 0.6) is 0 Å². The molecule has 0 rings (SSSR count). The summed E-state index contributed by atoms with van der Waals surface area (Å²) >= 11 is 0. The zero-order valence-corrected chi connectivity index (χ0v) is 7.81. The molecule has 0 amide bonds. The van der Waals surface area contributed by atoms with Gasteiger partial charge >= 0.3 is 0 Å². The Labute approximate surface area is 69.5 Å². The number of allylic oxidation sites excluding steroid dienone is 2. The molecule has 1 heteroatoms. The van der Waals surface area contributed by atoms with Gasteiger partial charge in [-0.2, -0.15) is 0 Å². The van der Waals surface area contributed by atoms with E-state index in [2.05, 4.69) is 6.92 Å². The van der Waals surface area contributed by atoms with Crippen molar-refractivity contribution in [1.82, 2.24) is 0 Å². The minimum atomic E-state index is 0.306. The second kappa shape index (κ2) is 6.14. The second-order valence-corrected chi connectivity index (χ2v) is 2.85. The molecule has 0 atom stereocenters. The Morgan fingerprint density at radius 1 is 1.27 bits per heavy atom. The Bertz CT molecular complexity index is 145. The van der Waals surface area contributed by atoms with Crippen molar-refractivity contribution in [2.45, 2.75) is 46.5 Å². The Morgan fingerprint density at radius 2 is 1.91 bits per heavy atom. The van der Waals surface area contributed by atoms with Crippen LogP contribution in [0.15, 0.2) is 11.6 Å². The Hall–Kier alpha value is -0.590. The molecule has 0 aromatic rings. The lowest BCUT2D eigenvalue weighted by Crippen LogP contribution is -1.97. The van der Waals surface area contributed by atoms with Crippen molar-refractivity contribution in [3.05, 3.63) is 11.6 Å². The third kappa shape index (κ3) is 4.77. The summed E-state index contributed by atoms with van der Waals surface area (Å²) in [5, 5.41) is 0. The van der Waals surface area contributed by atoms with Crippen LogP contribution in [-0.4, -0.2) is 5.78 Å². The van der Waals surface area contributed by atoms with Crippen LogP contribution >= 0.6 is 0 Å². The number of Topliss-reactive ketones (excluding diaryl/α,β-unsaturated/α-hetero) is 1. The molecule has 0 radical (unpaired) electrons. The molecule has 0 aliphatic rings. The maximum atomic E-state index is 11.2. The van der Waals surface area contributed by atoms with Gasteiger partial charge in [-0.3, -0.25) is 4.79 Å². The normalized spacial score (nSPS) is 11.7. The molecule has 0 aromatic carbocycles. The molecule has 0 N–H and O–H groups in total. The molecule has 0 aliphatic heterocycles. The van der Waals surface area contributed by atoms with Gasteiger partial charge < -0.3 is 0 Å². The fourth-order valence-electron chi connectivity index (χ4n) is 0.899. The fraction of sp³-hybridized carbons (Fsp3) is 0.700. The van der Waals surface area contributed by atoms with Gasteiger partial charge in [-0.05, 0) is 25.3 Å². The van der Waals surface area contributed by atoms with E-state index in [1.54, 1.807) is 0 Å². The van der Waals surface area contributed by atoms with Gasteiger partial charge in [-0.1, -0.05) is 26.3 Å². The van der Waals surface area contributed by atoms with Crippen LogP contribution in [0.2, 0.25) is 0 Å². The van der Waals surface area contributed by atoms with E-state index in [0.717, 1.165) is 24.8 Å². The Morgan fingerprint density at radius 3 is 2.36 bits per heavy atom. The van der Waals surface area contributed by atoms with Crippen molar-refractivity contribution in [2.24, 2.45) is 0 Å². The molecule has 11 heavy (non-hydrogen) atoms. The molecule has 0 aromatic heterocycles. The number of carbonyl (C=O) groups is 1. The van der Waals surface area contributed by atoms with Crippen molar-refractivity contribution in [3.63, 3.8) is 0 Å². The first-order chi connectivity index (χ1) is 5.22. The third-order valence-electron chi connectivity index (χ3n) is 1.66. The molecular formula is C10H18O. The van der Waals surface area contributed by atoms with Crippen LogP contribution in [0.25, 0.3) is 0 Å². The fourth-order valence-corrected chi connectivity index (χ4v) is 0.899. The van der Waals surface area contributed by atoms with Crippen LogP contribution in [0.1, 0.15) is 46.5 Å². The SMILES string of the molecule is CCCC=C(C)C(=O)CCC. The van der Waals surface area contributed by atoms with Gasteiger partial charge in [-0.15, -0.1) is 0 Å². The number of rotatable bonds is 5. The highest BCUT2D eigenvalue weighted by Gasteiger charge is 2.00. The maximum absolute atomic E-state index is 11.2. The lowest BCUT2D eigenvalue weighted by molar-refractivity contribution is -0.115. The highest BCUT2D eigenvalue weighted by atomic mass is 16.1. The van der Waals surface area contributed by atoms with Gasteiger partial charge in [0.05, 0.1) is 0 Å². The van der Waals surface area contributed by atoms with Crippen LogP contribution in [0.4, 0.5) is 0 Å². The number of hydrogen-bond donors (Lipinski definition) is 0. The number of carbonyl (C=O) groups excluding carboxylic acids is 1. The molecule has 0 fully saturated rings. The van der Waals surface area contributed by atoms with Gasteiger partial charge in [0.15, 0.2) is 5.78 Å². The zero-order valence-electron chi connectivity index (χ0n) is 7.81. The largest absolute Gasteiger partial charge is 0.295 e. The molecule has 0 saturated heterocycles. The molecule has 1 nitrogen and oxygen atoms in total.